The summed E-state index contributed by atoms with van der Waals surface area (Å²) in [6, 6.07) is 16.7. The smallest absolute Gasteiger partial charge is 0.319 e. The third-order valence-corrected chi connectivity index (χ3v) is 4.76. The van der Waals surface area contributed by atoms with Crippen molar-refractivity contribution >= 4 is 22.6 Å². The van der Waals surface area contributed by atoms with Gasteiger partial charge in [-0.25, -0.2) is 9.48 Å². The molecule has 7 heteroatoms. The minimum absolute atomic E-state index is 0.474. The number of primary amides is 1. The number of carbonyl (C=O) groups is 1. The quantitative estimate of drug-likeness (QED) is 0.548. The number of rotatable bonds is 6. The lowest BCUT2D eigenvalue weighted by Gasteiger charge is -2.20. The average molecular weight is 387 g/mol. The Morgan fingerprint density at radius 1 is 1.14 bits per heavy atom. The first-order chi connectivity index (χ1) is 14.1. The molecular weight excluding hydrogens is 366 g/mol. The molecule has 0 unspecified atom stereocenters. The van der Waals surface area contributed by atoms with Gasteiger partial charge < -0.3 is 10.5 Å². The number of ether oxygens (including phenoxy) is 1. The number of amides is 2. The van der Waals surface area contributed by atoms with Crippen LogP contribution in [-0.2, 0) is 6.42 Å². The maximum atomic E-state index is 12.1. The van der Waals surface area contributed by atoms with E-state index in [-0.39, 0.29) is 0 Å². The monoisotopic (exact) mass is 387 g/mol. The van der Waals surface area contributed by atoms with Crippen molar-refractivity contribution in [3.63, 3.8) is 0 Å². The molecule has 0 fully saturated rings. The van der Waals surface area contributed by atoms with Crippen LogP contribution >= 0.6 is 0 Å². The molecule has 0 aliphatic carbocycles. The van der Waals surface area contributed by atoms with E-state index in [9.17, 15) is 4.79 Å². The van der Waals surface area contributed by atoms with Gasteiger partial charge >= 0.3 is 6.03 Å². The van der Waals surface area contributed by atoms with Crippen molar-refractivity contribution in [1.29, 1.82) is 0 Å². The lowest BCUT2D eigenvalue weighted by Crippen LogP contribution is -2.37. The van der Waals surface area contributed by atoms with Gasteiger partial charge in [-0.1, -0.05) is 6.07 Å². The van der Waals surface area contributed by atoms with E-state index in [1.807, 2.05) is 60.8 Å². The predicted molar refractivity (Wildman–Crippen MR) is 112 cm³/mol. The zero-order chi connectivity index (χ0) is 20.2. The van der Waals surface area contributed by atoms with Crippen LogP contribution in [0, 0.1) is 0 Å². The number of hydrogen-bond acceptors (Lipinski definition) is 4. The van der Waals surface area contributed by atoms with Crippen molar-refractivity contribution in [2.75, 3.05) is 18.6 Å². The van der Waals surface area contributed by atoms with Gasteiger partial charge in [0.05, 0.1) is 18.3 Å². The second-order valence-electron chi connectivity index (χ2n) is 6.61. The molecule has 0 aliphatic rings. The van der Waals surface area contributed by atoms with Gasteiger partial charge in [0.1, 0.15) is 5.75 Å². The van der Waals surface area contributed by atoms with E-state index in [1.54, 1.807) is 29.1 Å². The maximum Gasteiger partial charge on any atom is 0.319 e. The number of benzene rings is 2. The van der Waals surface area contributed by atoms with Crippen LogP contribution in [0.25, 0.3) is 16.6 Å². The number of methoxy groups -OCH3 is 1. The van der Waals surface area contributed by atoms with Crippen LogP contribution in [0.4, 0.5) is 10.5 Å². The van der Waals surface area contributed by atoms with Gasteiger partial charge in [-0.15, -0.1) is 0 Å². The highest BCUT2D eigenvalue weighted by Crippen LogP contribution is 2.24. The van der Waals surface area contributed by atoms with Crippen molar-refractivity contribution in [2.24, 2.45) is 5.73 Å². The van der Waals surface area contributed by atoms with Crippen LogP contribution in [0.1, 0.15) is 5.56 Å². The largest absolute Gasteiger partial charge is 0.497 e. The highest BCUT2D eigenvalue weighted by atomic mass is 16.5. The molecule has 0 saturated carbocycles. The Morgan fingerprint density at radius 2 is 1.97 bits per heavy atom. The Bertz CT molecular complexity index is 1140. The molecule has 2 aromatic carbocycles. The zero-order valence-corrected chi connectivity index (χ0v) is 16.0. The standard InChI is InChI=1S/C22H21N5O2/c1-29-20-4-2-3-19(13-20)27-15-17-5-6-18(14-21(17)25-27)26(22(23)28)12-9-16-7-10-24-11-8-16/h2-8,10-11,13-15H,9,12H2,1H3,(H2,23,28). The van der Waals surface area contributed by atoms with Crippen LogP contribution in [-0.4, -0.2) is 34.5 Å². The molecule has 2 amide bonds. The highest BCUT2D eigenvalue weighted by Gasteiger charge is 2.14. The number of carbonyl (C=O) groups excluding carboxylic acids is 1. The summed E-state index contributed by atoms with van der Waals surface area (Å²) in [5, 5.41) is 5.62. The molecule has 0 bridgehead atoms. The van der Waals surface area contributed by atoms with E-state index < -0.39 is 6.03 Å². The fraction of sp³-hybridized carbons (Fsp3) is 0.136. The molecule has 2 N–H and O–H groups in total. The molecule has 0 radical (unpaired) electrons. The van der Waals surface area contributed by atoms with Gasteiger partial charge in [-0.3, -0.25) is 9.88 Å². The summed E-state index contributed by atoms with van der Waals surface area (Å²) in [5.41, 5.74) is 9.12. The number of urea groups is 1. The predicted octanol–water partition coefficient (Wildman–Crippen LogP) is 3.56. The molecule has 146 valence electrons. The topological polar surface area (TPSA) is 86.3 Å². The number of pyridine rings is 1. The first-order valence-electron chi connectivity index (χ1n) is 9.24. The number of hydrogen-bond donors (Lipinski definition) is 1. The van der Waals surface area contributed by atoms with Crippen LogP contribution in [0.5, 0.6) is 5.75 Å². The summed E-state index contributed by atoms with van der Waals surface area (Å²) in [4.78, 5) is 17.6. The number of fused-ring (bicyclic) bond motifs is 1. The highest BCUT2D eigenvalue weighted by molar-refractivity contribution is 5.93. The molecule has 2 heterocycles. The Kier molecular flexibility index (Phi) is 5.11. The second kappa shape index (κ2) is 8.02. The fourth-order valence-electron chi connectivity index (χ4n) is 3.21. The Balaban J connectivity index is 1.62. The van der Waals surface area contributed by atoms with E-state index in [2.05, 4.69) is 10.1 Å². The van der Waals surface area contributed by atoms with Crippen LogP contribution in [0.15, 0.2) is 73.2 Å². The van der Waals surface area contributed by atoms with Crippen molar-refractivity contribution < 1.29 is 9.53 Å². The molecule has 0 spiro atoms. The van der Waals surface area contributed by atoms with Crippen LogP contribution in [0.2, 0.25) is 0 Å². The second-order valence-corrected chi connectivity index (χ2v) is 6.61. The lowest BCUT2D eigenvalue weighted by atomic mass is 10.1. The Hall–Kier alpha value is -3.87. The van der Waals surface area contributed by atoms with Crippen molar-refractivity contribution in [2.45, 2.75) is 6.42 Å². The van der Waals surface area contributed by atoms with Gasteiger partial charge in [0.15, 0.2) is 0 Å². The third-order valence-electron chi connectivity index (χ3n) is 4.76. The number of anilines is 1. The van der Waals surface area contributed by atoms with Gasteiger partial charge in [-0.05, 0) is 54.4 Å². The molecule has 0 atom stereocenters. The van der Waals surface area contributed by atoms with Crippen LogP contribution in [0.3, 0.4) is 0 Å². The molecule has 29 heavy (non-hydrogen) atoms. The van der Waals surface area contributed by atoms with E-state index in [0.29, 0.717) is 13.0 Å². The lowest BCUT2D eigenvalue weighted by molar-refractivity contribution is 0.254. The molecule has 4 rings (SSSR count). The molecule has 4 aromatic rings. The normalized spacial score (nSPS) is 10.8. The third kappa shape index (κ3) is 4.03. The van der Waals surface area contributed by atoms with E-state index in [0.717, 1.165) is 33.6 Å². The molecule has 7 nitrogen and oxygen atoms in total. The first kappa shape index (κ1) is 18.5. The van der Waals surface area contributed by atoms with E-state index >= 15 is 0 Å². The molecular formula is C22H21N5O2. The molecule has 0 saturated heterocycles. The van der Waals surface area contributed by atoms with E-state index in [4.69, 9.17) is 10.5 Å². The van der Waals surface area contributed by atoms with Crippen LogP contribution < -0.4 is 15.4 Å². The summed E-state index contributed by atoms with van der Waals surface area (Å²) < 4.78 is 7.08. The zero-order valence-electron chi connectivity index (χ0n) is 16.0. The minimum Gasteiger partial charge on any atom is -0.497 e. The number of nitrogens with zero attached hydrogens (tertiary/aromatic N) is 4. The summed E-state index contributed by atoms with van der Waals surface area (Å²) in [6.45, 7) is 0.474. The minimum atomic E-state index is -0.495. The molecule has 0 aliphatic heterocycles. The Labute approximate surface area is 168 Å². The summed E-state index contributed by atoms with van der Waals surface area (Å²) in [7, 11) is 1.63. The van der Waals surface area contributed by atoms with E-state index in [1.165, 1.54) is 0 Å². The number of aromatic nitrogens is 3. The summed E-state index contributed by atoms with van der Waals surface area (Å²) in [6.07, 6.45) is 6.10. The van der Waals surface area contributed by atoms with Crippen molar-refractivity contribution in [3.8, 4) is 11.4 Å². The maximum absolute atomic E-state index is 12.1. The van der Waals surface area contributed by atoms with Gasteiger partial charge in [0.25, 0.3) is 0 Å². The average Bonchev–Trinajstić information content (AvgIpc) is 3.18. The van der Waals surface area contributed by atoms with Gasteiger partial charge in [0, 0.05) is 42.3 Å². The first-order valence-corrected chi connectivity index (χ1v) is 9.24. The summed E-state index contributed by atoms with van der Waals surface area (Å²) >= 11 is 0. The van der Waals surface area contributed by atoms with Gasteiger partial charge in [-0.2, -0.15) is 5.10 Å². The Morgan fingerprint density at radius 3 is 2.72 bits per heavy atom. The fourth-order valence-corrected chi connectivity index (χ4v) is 3.21. The SMILES string of the molecule is COc1cccc(-n2cc3ccc(N(CCc4ccncc4)C(N)=O)cc3n2)c1. The number of nitrogens with two attached hydrogens (primary N) is 1. The van der Waals surface area contributed by atoms with Crippen molar-refractivity contribution in [1.82, 2.24) is 14.8 Å². The summed E-state index contributed by atoms with van der Waals surface area (Å²) in [5.74, 6) is 0.763. The molecule has 2 aromatic heterocycles. The van der Waals surface area contributed by atoms with Gasteiger partial charge in [0.2, 0.25) is 0 Å². The van der Waals surface area contributed by atoms with Crippen molar-refractivity contribution in [3.05, 3.63) is 78.8 Å².